The Labute approximate surface area is 195 Å². The van der Waals surface area contributed by atoms with E-state index in [1.807, 2.05) is 24.3 Å². The Morgan fingerprint density at radius 3 is 2.39 bits per heavy atom. The summed E-state index contributed by atoms with van der Waals surface area (Å²) in [6.45, 7) is 3.61. The van der Waals surface area contributed by atoms with Gasteiger partial charge in [0.25, 0.3) is 0 Å². The highest BCUT2D eigenvalue weighted by molar-refractivity contribution is 7.89. The predicted molar refractivity (Wildman–Crippen MR) is 127 cm³/mol. The number of morpholine rings is 1. The molecule has 0 aromatic heterocycles. The van der Waals surface area contributed by atoms with E-state index < -0.39 is 10.0 Å². The van der Waals surface area contributed by atoms with E-state index in [0.29, 0.717) is 44.0 Å². The fourth-order valence-electron chi connectivity index (χ4n) is 4.25. The van der Waals surface area contributed by atoms with Crippen LogP contribution in [-0.2, 0) is 26.0 Å². The van der Waals surface area contributed by atoms with Gasteiger partial charge in [0.1, 0.15) is 5.75 Å². The van der Waals surface area contributed by atoms with Gasteiger partial charge in [0.05, 0.1) is 25.2 Å². The van der Waals surface area contributed by atoms with Crippen molar-refractivity contribution < 1.29 is 22.7 Å². The molecule has 0 saturated carbocycles. The molecular formula is C24H31N3O5S. The molecule has 2 heterocycles. The van der Waals surface area contributed by atoms with Crippen LogP contribution in [0.5, 0.6) is 5.75 Å². The molecule has 2 aromatic rings. The number of methoxy groups -OCH3 is 1. The van der Waals surface area contributed by atoms with Crippen molar-refractivity contribution in [1.82, 2.24) is 4.31 Å². The molecule has 0 unspecified atom stereocenters. The number of anilines is 2. The second-order valence-electron chi connectivity index (χ2n) is 8.28. The molecule has 0 radical (unpaired) electrons. The molecule has 0 spiro atoms. The molecule has 4 rings (SSSR count). The van der Waals surface area contributed by atoms with Crippen LogP contribution in [0.1, 0.15) is 24.8 Å². The van der Waals surface area contributed by atoms with Crippen LogP contribution in [0, 0.1) is 0 Å². The van der Waals surface area contributed by atoms with Crippen molar-refractivity contribution in [2.24, 2.45) is 0 Å². The minimum atomic E-state index is -3.61. The number of benzene rings is 2. The van der Waals surface area contributed by atoms with Crippen LogP contribution in [0.25, 0.3) is 0 Å². The van der Waals surface area contributed by atoms with Crippen LogP contribution in [0.2, 0.25) is 0 Å². The summed E-state index contributed by atoms with van der Waals surface area (Å²) in [6.07, 6.45) is 3.02. The molecular weight excluding hydrogens is 442 g/mol. The molecule has 2 saturated heterocycles. The topological polar surface area (TPSA) is 88.2 Å². The predicted octanol–water partition coefficient (Wildman–Crippen LogP) is 2.89. The number of hydrogen-bond donors (Lipinski definition) is 1. The van der Waals surface area contributed by atoms with E-state index in [4.69, 9.17) is 9.47 Å². The molecule has 8 nitrogen and oxygen atoms in total. The lowest BCUT2D eigenvalue weighted by Gasteiger charge is -2.26. The van der Waals surface area contributed by atoms with Gasteiger partial charge in [-0.1, -0.05) is 0 Å². The molecule has 1 amide bonds. The first-order valence-electron chi connectivity index (χ1n) is 11.4. The highest BCUT2D eigenvalue weighted by atomic mass is 32.2. The summed E-state index contributed by atoms with van der Waals surface area (Å²) in [6, 6.07) is 12.7. The molecule has 2 aromatic carbocycles. The Hall–Kier alpha value is -2.62. The Balaban J connectivity index is 1.39. The lowest BCUT2D eigenvalue weighted by Crippen LogP contribution is -2.40. The average molecular weight is 474 g/mol. The van der Waals surface area contributed by atoms with Crippen molar-refractivity contribution in [3.63, 3.8) is 0 Å². The first kappa shape index (κ1) is 23.5. The van der Waals surface area contributed by atoms with Gasteiger partial charge in [0.2, 0.25) is 15.9 Å². The zero-order valence-electron chi connectivity index (χ0n) is 19.0. The van der Waals surface area contributed by atoms with Crippen LogP contribution in [0.15, 0.2) is 47.4 Å². The summed E-state index contributed by atoms with van der Waals surface area (Å²) < 4.78 is 38.1. The van der Waals surface area contributed by atoms with Gasteiger partial charge < -0.3 is 19.7 Å². The minimum absolute atomic E-state index is 0.132. The fraction of sp³-hybridized carbons (Fsp3) is 0.458. The van der Waals surface area contributed by atoms with Gasteiger partial charge in [-0.25, -0.2) is 8.42 Å². The van der Waals surface area contributed by atoms with Gasteiger partial charge in [-0.3, -0.25) is 4.79 Å². The number of ether oxygens (including phenoxy) is 2. The van der Waals surface area contributed by atoms with Gasteiger partial charge in [-0.05, 0) is 67.3 Å². The molecule has 0 aliphatic carbocycles. The van der Waals surface area contributed by atoms with Crippen molar-refractivity contribution in [2.45, 2.75) is 30.6 Å². The largest absolute Gasteiger partial charge is 0.496 e. The molecule has 2 aliphatic rings. The van der Waals surface area contributed by atoms with Crippen molar-refractivity contribution in [3.8, 4) is 5.75 Å². The third kappa shape index (κ3) is 5.66. The monoisotopic (exact) mass is 473 g/mol. The van der Waals surface area contributed by atoms with Gasteiger partial charge in [0, 0.05) is 44.0 Å². The zero-order valence-corrected chi connectivity index (χ0v) is 19.8. The highest BCUT2D eigenvalue weighted by Crippen LogP contribution is 2.27. The maximum atomic E-state index is 13.0. The molecule has 9 heteroatoms. The Kier molecular flexibility index (Phi) is 7.52. The lowest BCUT2D eigenvalue weighted by atomic mass is 10.1. The second kappa shape index (κ2) is 10.5. The number of aryl methyl sites for hydroxylation is 1. The van der Waals surface area contributed by atoms with E-state index in [2.05, 4.69) is 10.2 Å². The number of carbonyl (C=O) groups excluding carboxylic acids is 1. The molecule has 0 bridgehead atoms. The van der Waals surface area contributed by atoms with Crippen LogP contribution in [-0.4, -0.2) is 65.1 Å². The van der Waals surface area contributed by atoms with Crippen LogP contribution >= 0.6 is 0 Å². The van der Waals surface area contributed by atoms with E-state index in [1.54, 1.807) is 18.2 Å². The van der Waals surface area contributed by atoms with Gasteiger partial charge in [0.15, 0.2) is 0 Å². The maximum absolute atomic E-state index is 13.0. The second-order valence-corrected chi connectivity index (χ2v) is 10.2. The summed E-state index contributed by atoms with van der Waals surface area (Å²) in [5, 5.41) is 2.93. The summed E-state index contributed by atoms with van der Waals surface area (Å²) in [4.78, 5) is 15.1. The van der Waals surface area contributed by atoms with E-state index in [1.165, 1.54) is 29.9 Å². The molecule has 2 aliphatic heterocycles. The Morgan fingerprint density at radius 1 is 1.03 bits per heavy atom. The third-order valence-electron chi connectivity index (χ3n) is 6.10. The minimum Gasteiger partial charge on any atom is -0.496 e. The average Bonchev–Trinajstić information content (AvgIpc) is 3.38. The first-order valence-corrected chi connectivity index (χ1v) is 12.8. The van der Waals surface area contributed by atoms with Gasteiger partial charge in [-0.15, -0.1) is 0 Å². The molecule has 178 valence electrons. The standard InChI is InChI=1S/C24H31N3O5S/c1-31-23-10-9-22(33(29,30)27-14-16-32-17-15-27)18-19(23)4-11-24(28)25-20-5-7-21(8-6-20)26-12-2-3-13-26/h5-10,18H,2-4,11-17H2,1H3,(H,25,28). The summed E-state index contributed by atoms with van der Waals surface area (Å²) >= 11 is 0. The molecule has 2 fully saturated rings. The summed E-state index contributed by atoms with van der Waals surface area (Å²) in [7, 11) is -2.08. The quantitative estimate of drug-likeness (QED) is 0.634. The lowest BCUT2D eigenvalue weighted by molar-refractivity contribution is -0.116. The smallest absolute Gasteiger partial charge is 0.243 e. The molecule has 1 N–H and O–H groups in total. The number of hydrogen-bond acceptors (Lipinski definition) is 6. The molecule has 33 heavy (non-hydrogen) atoms. The van der Waals surface area contributed by atoms with Crippen LogP contribution < -0.4 is 15.0 Å². The summed E-state index contributed by atoms with van der Waals surface area (Å²) in [5.41, 5.74) is 2.61. The highest BCUT2D eigenvalue weighted by Gasteiger charge is 2.27. The van der Waals surface area contributed by atoms with Gasteiger partial charge >= 0.3 is 0 Å². The van der Waals surface area contributed by atoms with E-state index in [0.717, 1.165) is 18.8 Å². The third-order valence-corrected chi connectivity index (χ3v) is 8.00. The van der Waals surface area contributed by atoms with Gasteiger partial charge in [-0.2, -0.15) is 4.31 Å². The normalized spacial score (nSPS) is 17.2. The number of nitrogens with one attached hydrogen (secondary N) is 1. The maximum Gasteiger partial charge on any atom is 0.243 e. The van der Waals surface area contributed by atoms with Crippen molar-refractivity contribution in [2.75, 3.05) is 56.7 Å². The van der Waals surface area contributed by atoms with Crippen molar-refractivity contribution in [3.05, 3.63) is 48.0 Å². The zero-order chi connectivity index (χ0) is 23.3. The summed E-state index contributed by atoms with van der Waals surface area (Å²) in [5.74, 6) is 0.436. The van der Waals surface area contributed by atoms with E-state index >= 15 is 0 Å². The van der Waals surface area contributed by atoms with Crippen LogP contribution in [0.4, 0.5) is 11.4 Å². The van der Waals surface area contributed by atoms with Crippen LogP contribution in [0.3, 0.4) is 0 Å². The van der Waals surface area contributed by atoms with E-state index in [9.17, 15) is 13.2 Å². The number of sulfonamides is 1. The number of nitrogens with zero attached hydrogens (tertiary/aromatic N) is 2. The number of carbonyl (C=O) groups is 1. The fourth-order valence-corrected chi connectivity index (χ4v) is 5.71. The number of rotatable bonds is 8. The van der Waals surface area contributed by atoms with E-state index in [-0.39, 0.29) is 17.2 Å². The van der Waals surface area contributed by atoms with Crippen molar-refractivity contribution >= 4 is 27.3 Å². The number of amides is 1. The molecule has 0 atom stereocenters. The Bertz CT molecular complexity index is 1060. The van der Waals surface area contributed by atoms with Crippen molar-refractivity contribution in [1.29, 1.82) is 0 Å². The Morgan fingerprint density at radius 2 is 1.73 bits per heavy atom. The SMILES string of the molecule is COc1ccc(S(=O)(=O)N2CCOCC2)cc1CCC(=O)Nc1ccc(N2CCCC2)cc1. The first-order chi connectivity index (χ1) is 16.0.